The molecule has 2 aromatic carbocycles. The van der Waals surface area contributed by atoms with Crippen molar-refractivity contribution < 1.29 is 0 Å². The van der Waals surface area contributed by atoms with Crippen molar-refractivity contribution in [3.63, 3.8) is 0 Å². The molecule has 0 aliphatic rings. The Labute approximate surface area is 137 Å². The lowest BCUT2D eigenvalue weighted by Crippen LogP contribution is -1.97. The predicted molar refractivity (Wildman–Crippen MR) is 92.7 cm³/mol. The van der Waals surface area contributed by atoms with E-state index in [9.17, 15) is 0 Å². The standard InChI is InChI=1S/C17H13BrN2S/c1-11-15(12-6-3-2-4-7-12)19-16(20-17(11)21)13-8-5-9-14(18)10-13/h2-10H,1H3,(H,19,20,21). The molecule has 2 nitrogen and oxygen atoms in total. The maximum absolute atomic E-state index is 5.42. The van der Waals surface area contributed by atoms with Crippen LogP contribution in [-0.2, 0) is 0 Å². The van der Waals surface area contributed by atoms with E-state index in [-0.39, 0.29) is 0 Å². The summed E-state index contributed by atoms with van der Waals surface area (Å²) in [6.45, 7) is 2.00. The summed E-state index contributed by atoms with van der Waals surface area (Å²) in [7, 11) is 0. The Balaban J connectivity index is 2.21. The molecule has 0 atom stereocenters. The van der Waals surface area contributed by atoms with Crippen LogP contribution in [0.15, 0.2) is 59.1 Å². The topological polar surface area (TPSA) is 28.7 Å². The van der Waals surface area contributed by atoms with Gasteiger partial charge in [-0.05, 0) is 24.6 Å². The van der Waals surface area contributed by atoms with Gasteiger partial charge in [-0.1, -0.05) is 70.6 Å². The Morgan fingerprint density at radius 1 is 1.00 bits per heavy atom. The van der Waals surface area contributed by atoms with Crippen LogP contribution in [0.2, 0.25) is 0 Å². The van der Waals surface area contributed by atoms with Crippen LogP contribution in [-0.4, -0.2) is 9.97 Å². The number of aromatic amines is 1. The van der Waals surface area contributed by atoms with Gasteiger partial charge in [0.05, 0.1) is 5.69 Å². The van der Waals surface area contributed by atoms with Crippen molar-refractivity contribution in [1.29, 1.82) is 0 Å². The summed E-state index contributed by atoms with van der Waals surface area (Å²) in [4.78, 5) is 7.92. The fourth-order valence-electron chi connectivity index (χ4n) is 2.20. The molecule has 1 aromatic heterocycles. The summed E-state index contributed by atoms with van der Waals surface area (Å²) >= 11 is 8.91. The monoisotopic (exact) mass is 356 g/mol. The van der Waals surface area contributed by atoms with E-state index in [1.807, 2.05) is 49.4 Å². The third kappa shape index (κ3) is 2.96. The zero-order valence-electron chi connectivity index (χ0n) is 11.4. The first kappa shape index (κ1) is 14.2. The fraction of sp³-hybridized carbons (Fsp3) is 0.0588. The van der Waals surface area contributed by atoms with E-state index in [0.29, 0.717) is 4.64 Å². The lowest BCUT2D eigenvalue weighted by atomic mass is 10.1. The van der Waals surface area contributed by atoms with Crippen LogP contribution in [0, 0.1) is 11.6 Å². The largest absolute Gasteiger partial charge is 0.339 e. The molecule has 21 heavy (non-hydrogen) atoms. The summed E-state index contributed by atoms with van der Waals surface area (Å²) in [6.07, 6.45) is 0. The smallest absolute Gasteiger partial charge is 0.139 e. The van der Waals surface area contributed by atoms with Crippen LogP contribution in [0.5, 0.6) is 0 Å². The Bertz CT molecular complexity index is 841. The number of hydrogen-bond donors (Lipinski definition) is 1. The van der Waals surface area contributed by atoms with Crippen molar-refractivity contribution in [3.8, 4) is 22.6 Å². The quantitative estimate of drug-likeness (QED) is 0.610. The normalized spacial score (nSPS) is 10.6. The molecular weight excluding hydrogens is 344 g/mol. The first-order valence-corrected chi connectivity index (χ1v) is 7.77. The summed E-state index contributed by atoms with van der Waals surface area (Å²) in [5, 5.41) is 0. The van der Waals surface area contributed by atoms with Crippen molar-refractivity contribution >= 4 is 28.1 Å². The Kier molecular flexibility index (Phi) is 3.99. The van der Waals surface area contributed by atoms with Gasteiger partial charge in [0.2, 0.25) is 0 Å². The summed E-state index contributed by atoms with van der Waals surface area (Å²) in [5.41, 5.74) is 4.13. The maximum Gasteiger partial charge on any atom is 0.139 e. The van der Waals surface area contributed by atoms with Crippen LogP contribution in [0.3, 0.4) is 0 Å². The van der Waals surface area contributed by atoms with Crippen LogP contribution in [0.4, 0.5) is 0 Å². The molecule has 0 aliphatic carbocycles. The van der Waals surface area contributed by atoms with Crippen molar-refractivity contribution in [2.45, 2.75) is 6.92 Å². The van der Waals surface area contributed by atoms with Gasteiger partial charge in [-0.2, -0.15) is 0 Å². The molecule has 0 spiro atoms. The first-order valence-electron chi connectivity index (χ1n) is 6.57. The molecule has 4 heteroatoms. The molecule has 0 unspecified atom stereocenters. The molecule has 0 fully saturated rings. The second-order valence-electron chi connectivity index (χ2n) is 4.77. The highest BCUT2D eigenvalue weighted by Crippen LogP contribution is 2.26. The second-order valence-corrected chi connectivity index (χ2v) is 6.07. The summed E-state index contributed by atoms with van der Waals surface area (Å²) < 4.78 is 1.64. The van der Waals surface area contributed by atoms with E-state index in [1.165, 1.54) is 0 Å². The van der Waals surface area contributed by atoms with Gasteiger partial charge in [0.25, 0.3) is 0 Å². The molecule has 0 saturated heterocycles. The number of benzene rings is 2. The minimum Gasteiger partial charge on any atom is -0.339 e. The number of rotatable bonds is 2. The van der Waals surface area contributed by atoms with Gasteiger partial charge in [0.15, 0.2) is 0 Å². The van der Waals surface area contributed by atoms with E-state index in [1.54, 1.807) is 0 Å². The Morgan fingerprint density at radius 2 is 1.71 bits per heavy atom. The van der Waals surface area contributed by atoms with E-state index in [0.717, 1.165) is 32.7 Å². The number of H-pyrrole nitrogens is 1. The SMILES string of the molecule is Cc1c(-c2ccccc2)[nH]c(-c2cccc(Br)c2)nc1=S. The highest BCUT2D eigenvalue weighted by Gasteiger charge is 2.08. The van der Waals surface area contributed by atoms with Gasteiger partial charge in [0, 0.05) is 15.6 Å². The highest BCUT2D eigenvalue weighted by molar-refractivity contribution is 9.10. The van der Waals surface area contributed by atoms with Crippen LogP contribution in [0.1, 0.15) is 5.56 Å². The average molecular weight is 357 g/mol. The van der Waals surface area contributed by atoms with Crippen molar-refractivity contribution in [2.24, 2.45) is 0 Å². The van der Waals surface area contributed by atoms with Gasteiger partial charge in [0.1, 0.15) is 10.5 Å². The number of aromatic nitrogens is 2. The summed E-state index contributed by atoms with van der Waals surface area (Å²) in [6, 6.07) is 18.2. The lowest BCUT2D eigenvalue weighted by molar-refractivity contribution is 1.12. The van der Waals surface area contributed by atoms with Crippen LogP contribution in [0.25, 0.3) is 22.6 Å². The molecule has 104 valence electrons. The third-order valence-electron chi connectivity index (χ3n) is 3.31. The third-order valence-corrected chi connectivity index (χ3v) is 4.20. The molecule has 1 heterocycles. The predicted octanol–water partition coefficient (Wildman–Crippen LogP) is 5.54. The van der Waals surface area contributed by atoms with E-state index >= 15 is 0 Å². The molecule has 3 rings (SSSR count). The van der Waals surface area contributed by atoms with E-state index in [2.05, 4.69) is 38.0 Å². The van der Waals surface area contributed by atoms with Gasteiger partial charge >= 0.3 is 0 Å². The molecule has 0 radical (unpaired) electrons. The van der Waals surface area contributed by atoms with Crippen molar-refractivity contribution in [2.75, 3.05) is 0 Å². The van der Waals surface area contributed by atoms with Gasteiger partial charge in [-0.25, -0.2) is 4.98 Å². The van der Waals surface area contributed by atoms with E-state index in [4.69, 9.17) is 12.2 Å². The molecule has 0 aliphatic heterocycles. The Morgan fingerprint density at radius 3 is 2.43 bits per heavy atom. The van der Waals surface area contributed by atoms with Gasteiger partial charge in [-0.15, -0.1) is 0 Å². The van der Waals surface area contributed by atoms with Crippen LogP contribution < -0.4 is 0 Å². The Hall–Kier alpha value is -1.78. The minimum absolute atomic E-state index is 0.627. The maximum atomic E-state index is 5.42. The number of halogens is 1. The molecule has 0 amide bonds. The second kappa shape index (κ2) is 5.92. The molecule has 3 aromatic rings. The van der Waals surface area contributed by atoms with E-state index < -0.39 is 0 Å². The minimum atomic E-state index is 0.627. The first-order chi connectivity index (χ1) is 10.1. The lowest BCUT2D eigenvalue weighted by Gasteiger charge is -2.10. The summed E-state index contributed by atoms with van der Waals surface area (Å²) in [5.74, 6) is 0.783. The zero-order chi connectivity index (χ0) is 14.8. The number of hydrogen-bond acceptors (Lipinski definition) is 2. The number of nitrogens with one attached hydrogen (secondary N) is 1. The van der Waals surface area contributed by atoms with Gasteiger partial charge < -0.3 is 4.98 Å². The molecule has 0 bridgehead atoms. The van der Waals surface area contributed by atoms with Crippen LogP contribution >= 0.6 is 28.1 Å². The van der Waals surface area contributed by atoms with Gasteiger partial charge in [-0.3, -0.25) is 0 Å². The fourth-order valence-corrected chi connectivity index (χ4v) is 2.79. The van der Waals surface area contributed by atoms with Crippen molar-refractivity contribution in [1.82, 2.24) is 9.97 Å². The highest BCUT2D eigenvalue weighted by atomic mass is 79.9. The zero-order valence-corrected chi connectivity index (χ0v) is 13.8. The number of nitrogens with zero attached hydrogens (tertiary/aromatic N) is 1. The average Bonchev–Trinajstić information content (AvgIpc) is 2.51. The molecule has 1 N–H and O–H groups in total. The van der Waals surface area contributed by atoms with Crippen molar-refractivity contribution in [3.05, 3.63) is 69.3 Å². The molecule has 0 saturated carbocycles. The molecular formula is C17H13BrN2S.